The molecular formula is C10H17N3O3. The van der Waals surface area contributed by atoms with Gasteiger partial charge in [-0.1, -0.05) is 13.3 Å². The molecule has 0 saturated heterocycles. The minimum atomic E-state index is -0.396. The summed E-state index contributed by atoms with van der Waals surface area (Å²) in [6.07, 6.45) is 2.90. The van der Waals surface area contributed by atoms with Crippen LogP contribution in [0.25, 0.3) is 0 Å². The molecule has 1 unspecified atom stereocenters. The lowest BCUT2D eigenvalue weighted by atomic mass is 10.0. The van der Waals surface area contributed by atoms with Crippen molar-refractivity contribution in [2.24, 2.45) is 5.92 Å². The van der Waals surface area contributed by atoms with Gasteiger partial charge in [-0.05, 0) is 12.3 Å². The number of carbonyl (C=O) groups excluding carboxylic acids is 1. The fourth-order valence-electron chi connectivity index (χ4n) is 1.42. The van der Waals surface area contributed by atoms with Crippen molar-refractivity contribution in [3.63, 3.8) is 0 Å². The Morgan fingerprint density at radius 3 is 2.88 bits per heavy atom. The largest absolute Gasteiger partial charge is 0.396 e. The standard InChI is InChI=1S/C10H17N3O3/c1-2-7(3-4-14)5-11-9(15)8-6-12-10(16)13-8/h6-7,14H,2-5H2,1H3,(H,11,15)(H2,12,13,16). The maximum absolute atomic E-state index is 11.5. The Kier molecular flexibility index (Phi) is 4.78. The maximum atomic E-state index is 11.5. The molecule has 4 N–H and O–H groups in total. The second-order valence-electron chi connectivity index (χ2n) is 3.65. The molecule has 0 aliphatic rings. The number of hydrogen-bond acceptors (Lipinski definition) is 3. The lowest BCUT2D eigenvalue weighted by Gasteiger charge is -2.13. The first-order valence-electron chi connectivity index (χ1n) is 5.34. The zero-order valence-electron chi connectivity index (χ0n) is 9.25. The fraction of sp³-hybridized carbons (Fsp3) is 0.600. The third-order valence-electron chi connectivity index (χ3n) is 2.51. The van der Waals surface area contributed by atoms with Gasteiger partial charge < -0.3 is 20.4 Å². The molecular weight excluding hydrogens is 210 g/mol. The van der Waals surface area contributed by atoms with Gasteiger partial charge in [-0.3, -0.25) is 4.79 Å². The van der Waals surface area contributed by atoms with E-state index in [1.807, 2.05) is 6.92 Å². The molecule has 1 aromatic rings. The summed E-state index contributed by atoms with van der Waals surface area (Å²) in [5.74, 6) is -0.0469. The molecule has 0 fully saturated rings. The van der Waals surface area contributed by atoms with E-state index in [0.29, 0.717) is 13.0 Å². The van der Waals surface area contributed by atoms with Crippen LogP contribution in [0.5, 0.6) is 0 Å². The van der Waals surface area contributed by atoms with Crippen LogP contribution >= 0.6 is 0 Å². The summed E-state index contributed by atoms with van der Waals surface area (Å²) >= 11 is 0. The van der Waals surface area contributed by atoms with Crippen molar-refractivity contribution >= 4 is 5.91 Å². The molecule has 0 bridgehead atoms. The van der Waals surface area contributed by atoms with Crippen LogP contribution in [0.1, 0.15) is 30.3 Å². The Morgan fingerprint density at radius 2 is 2.38 bits per heavy atom. The molecule has 16 heavy (non-hydrogen) atoms. The van der Waals surface area contributed by atoms with Crippen LogP contribution in [0.2, 0.25) is 0 Å². The van der Waals surface area contributed by atoms with Gasteiger partial charge in [0.1, 0.15) is 5.69 Å². The highest BCUT2D eigenvalue weighted by atomic mass is 16.3. The number of imidazole rings is 1. The Bertz CT molecular complexity index is 383. The normalized spacial score (nSPS) is 12.4. The van der Waals surface area contributed by atoms with Crippen molar-refractivity contribution in [2.75, 3.05) is 13.2 Å². The zero-order valence-corrected chi connectivity index (χ0v) is 9.25. The number of amides is 1. The quantitative estimate of drug-likeness (QED) is 0.543. The first-order valence-corrected chi connectivity index (χ1v) is 5.34. The molecule has 1 heterocycles. The first-order chi connectivity index (χ1) is 7.67. The van der Waals surface area contributed by atoms with E-state index >= 15 is 0 Å². The Morgan fingerprint density at radius 1 is 1.62 bits per heavy atom. The van der Waals surface area contributed by atoms with Gasteiger partial charge in [-0.15, -0.1) is 0 Å². The van der Waals surface area contributed by atoms with E-state index in [4.69, 9.17) is 5.11 Å². The number of aromatic amines is 2. The highest BCUT2D eigenvalue weighted by molar-refractivity contribution is 5.91. The molecule has 1 atom stereocenters. The van der Waals surface area contributed by atoms with Crippen LogP contribution in [0.15, 0.2) is 11.0 Å². The van der Waals surface area contributed by atoms with E-state index in [9.17, 15) is 9.59 Å². The highest BCUT2D eigenvalue weighted by Crippen LogP contribution is 2.05. The van der Waals surface area contributed by atoms with Crippen LogP contribution in [-0.4, -0.2) is 34.1 Å². The average Bonchev–Trinajstić information content (AvgIpc) is 2.70. The molecule has 1 aromatic heterocycles. The predicted molar refractivity (Wildman–Crippen MR) is 59.2 cm³/mol. The number of hydrogen-bond donors (Lipinski definition) is 4. The topological polar surface area (TPSA) is 98.0 Å². The summed E-state index contributed by atoms with van der Waals surface area (Å²) < 4.78 is 0. The SMILES string of the molecule is CCC(CCO)CNC(=O)c1c[nH]c(=O)[nH]1. The van der Waals surface area contributed by atoms with E-state index in [1.54, 1.807) is 0 Å². The summed E-state index contributed by atoms with van der Waals surface area (Å²) in [6, 6.07) is 0. The van der Waals surface area contributed by atoms with Gasteiger partial charge in [0.25, 0.3) is 5.91 Å². The number of nitrogens with one attached hydrogen (secondary N) is 3. The van der Waals surface area contributed by atoms with Gasteiger partial charge in [-0.25, -0.2) is 4.79 Å². The molecule has 0 aliphatic heterocycles. The second kappa shape index (κ2) is 6.12. The van der Waals surface area contributed by atoms with Crippen LogP contribution in [0.4, 0.5) is 0 Å². The Labute approximate surface area is 93.1 Å². The summed E-state index contributed by atoms with van der Waals surface area (Å²) in [7, 11) is 0. The van der Waals surface area contributed by atoms with Gasteiger partial charge in [0, 0.05) is 19.3 Å². The Balaban J connectivity index is 2.43. The van der Waals surface area contributed by atoms with Crippen molar-refractivity contribution in [3.8, 4) is 0 Å². The third kappa shape index (κ3) is 3.54. The highest BCUT2D eigenvalue weighted by Gasteiger charge is 2.10. The van der Waals surface area contributed by atoms with Gasteiger partial charge in [0.05, 0.1) is 0 Å². The Hall–Kier alpha value is -1.56. The van der Waals surface area contributed by atoms with Crippen LogP contribution in [0, 0.1) is 5.92 Å². The van der Waals surface area contributed by atoms with Crippen molar-refractivity contribution in [1.82, 2.24) is 15.3 Å². The number of rotatable bonds is 6. The summed E-state index contributed by atoms with van der Waals surface area (Å²) in [6.45, 7) is 2.63. The number of aliphatic hydroxyl groups is 1. The van der Waals surface area contributed by atoms with Crippen molar-refractivity contribution in [3.05, 3.63) is 22.4 Å². The van der Waals surface area contributed by atoms with Crippen molar-refractivity contribution < 1.29 is 9.90 Å². The molecule has 1 rings (SSSR count). The molecule has 0 radical (unpaired) electrons. The summed E-state index contributed by atoms with van der Waals surface area (Å²) in [4.78, 5) is 27.0. The van der Waals surface area contributed by atoms with Gasteiger partial charge in [0.15, 0.2) is 0 Å². The number of aliphatic hydroxyl groups excluding tert-OH is 1. The molecule has 6 heteroatoms. The minimum absolute atomic E-state index is 0.120. The molecule has 0 spiro atoms. The summed E-state index contributed by atoms with van der Waals surface area (Å²) in [5.41, 5.74) is -0.170. The monoisotopic (exact) mass is 227 g/mol. The van der Waals surface area contributed by atoms with E-state index in [0.717, 1.165) is 6.42 Å². The van der Waals surface area contributed by atoms with Gasteiger partial charge in [-0.2, -0.15) is 0 Å². The fourth-order valence-corrected chi connectivity index (χ4v) is 1.42. The average molecular weight is 227 g/mol. The van der Waals surface area contributed by atoms with Crippen molar-refractivity contribution in [2.45, 2.75) is 19.8 Å². The van der Waals surface area contributed by atoms with Crippen LogP contribution < -0.4 is 11.0 Å². The maximum Gasteiger partial charge on any atom is 0.323 e. The lowest BCUT2D eigenvalue weighted by Crippen LogP contribution is -2.30. The molecule has 1 amide bonds. The smallest absolute Gasteiger partial charge is 0.323 e. The van der Waals surface area contributed by atoms with Gasteiger partial charge >= 0.3 is 5.69 Å². The predicted octanol–water partition coefficient (Wildman–Crippen LogP) is -0.159. The second-order valence-corrected chi connectivity index (χ2v) is 3.65. The molecule has 6 nitrogen and oxygen atoms in total. The lowest BCUT2D eigenvalue weighted by molar-refractivity contribution is 0.0939. The molecule has 90 valence electrons. The van der Waals surface area contributed by atoms with Crippen molar-refractivity contribution in [1.29, 1.82) is 0 Å². The number of H-pyrrole nitrogens is 2. The molecule has 0 aliphatic carbocycles. The summed E-state index contributed by atoms with van der Waals surface area (Å²) in [5, 5.41) is 11.5. The molecule has 0 aromatic carbocycles. The number of carbonyl (C=O) groups is 1. The van der Waals surface area contributed by atoms with E-state index in [2.05, 4.69) is 15.3 Å². The zero-order chi connectivity index (χ0) is 12.0. The number of aromatic nitrogens is 2. The van der Waals surface area contributed by atoms with Gasteiger partial charge in [0.2, 0.25) is 0 Å². The van der Waals surface area contributed by atoms with Crippen LogP contribution in [-0.2, 0) is 0 Å². The van der Waals surface area contributed by atoms with E-state index < -0.39 is 5.69 Å². The minimum Gasteiger partial charge on any atom is -0.396 e. The first kappa shape index (κ1) is 12.5. The van der Waals surface area contributed by atoms with E-state index in [1.165, 1.54) is 6.20 Å². The van der Waals surface area contributed by atoms with E-state index in [-0.39, 0.29) is 24.1 Å². The molecule has 0 saturated carbocycles. The third-order valence-corrected chi connectivity index (χ3v) is 2.51. The van der Waals surface area contributed by atoms with Crippen LogP contribution in [0.3, 0.4) is 0 Å².